The lowest BCUT2D eigenvalue weighted by Gasteiger charge is -2.09. The minimum atomic E-state index is -2.95. The summed E-state index contributed by atoms with van der Waals surface area (Å²) in [5.74, 6) is -1.85. The number of benzene rings is 2. The van der Waals surface area contributed by atoms with Gasteiger partial charge in [-0.3, -0.25) is 9.36 Å². The third-order valence-electron chi connectivity index (χ3n) is 3.58. The molecule has 4 nitrogen and oxygen atoms in total. The predicted octanol–water partition coefficient (Wildman–Crippen LogP) is 4.08. The first-order valence-electron chi connectivity index (χ1n) is 6.97. The van der Waals surface area contributed by atoms with Crippen molar-refractivity contribution >= 4 is 16.8 Å². The van der Waals surface area contributed by atoms with Gasteiger partial charge < -0.3 is 9.84 Å². The molecule has 124 valence electrons. The van der Waals surface area contributed by atoms with Crippen molar-refractivity contribution in [1.29, 1.82) is 0 Å². The largest absolute Gasteiger partial charge is 0.505 e. The lowest BCUT2D eigenvalue weighted by atomic mass is 10.2. The van der Waals surface area contributed by atoms with Crippen LogP contribution in [0.15, 0.2) is 42.5 Å². The van der Waals surface area contributed by atoms with Gasteiger partial charge in [0.15, 0.2) is 11.6 Å². The number of hydrogen-bond acceptors (Lipinski definition) is 3. The van der Waals surface area contributed by atoms with Crippen LogP contribution in [-0.4, -0.2) is 22.2 Å². The lowest BCUT2D eigenvalue weighted by Crippen LogP contribution is -2.13. The van der Waals surface area contributed by atoms with Crippen molar-refractivity contribution in [3.63, 3.8) is 0 Å². The Morgan fingerprint density at radius 1 is 1.17 bits per heavy atom. The molecule has 0 aliphatic heterocycles. The monoisotopic (exact) mass is 335 g/mol. The van der Waals surface area contributed by atoms with Crippen molar-refractivity contribution in [2.45, 2.75) is 13.5 Å². The molecule has 1 aromatic heterocycles. The highest BCUT2D eigenvalue weighted by atomic mass is 19.3. The third-order valence-corrected chi connectivity index (χ3v) is 3.58. The number of rotatable bonds is 3. The quantitative estimate of drug-likeness (QED) is 0.784. The molecule has 0 radical (unpaired) electrons. The van der Waals surface area contributed by atoms with E-state index in [1.807, 2.05) is 0 Å². The molecular formula is C17H12F3NO3. The van der Waals surface area contributed by atoms with Crippen molar-refractivity contribution in [2.24, 2.45) is 0 Å². The van der Waals surface area contributed by atoms with E-state index in [0.717, 1.165) is 6.07 Å². The molecule has 0 amide bonds. The Bertz CT molecular complexity index is 917. The van der Waals surface area contributed by atoms with Crippen molar-refractivity contribution in [3.05, 3.63) is 59.5 Å². The van der Waals surface area contributed by atoms with E-state index < -0.39 is 24.1 Å². The van der Waals surface area contributed by atoms with Crippen molar-refractivity contribution in [1.82, 2.24) is 4.57 Å². The van der Waals surface area contributed by atoms with E-state index >= 15 is 0 Å². The van der Waals surface area contributed by atoms with E-state index in [2.05, 4.69) is 4.74 Å². The molecule has 1 heterocycles. The van der Waals surface area contributed by atoms with E-state index in [4.69, 9.17) is 0 Å². The Morgan fingerprint density at radius 2 is 1.83 bits per heavy atom. The van der Waals surface area contributed by atoms with E-state index in [0.29, 0.717) is 16.6 Å². The maximum atomic E-state index is 13.6. The average Bonchev–Trinajstić information content (AvgIpc) is 2.82. The normalized spacial score (nSPS) is 11.2. The van der Waals surface area contributed by atoms with Crippen LogP contribution in [0.4, 0.5) is 13.2 Å². The zero-order valence-electron chi connectivity index (χ0n) is 12.5. The summed E-state index contributed by atoms with van der Waals surface area (Å²) in [5.41, 5.74) is 1.08. The van der Waals surface area contributed by atoms with Gasteiger partial charge in [0.1, 0.15) is 5.75 Å². The zero-order valence-corrected chi connectivity index (χ0v) is 12.5. The summed E-state index contributed by atoms with van der Waals surface area (Å²) in [6.07, 6.45) is 0. The molecule has 0 unspecified atom stereocenters. The summed E-state index contributed by atoms with van der Waals surface area (Å²) >= 11 is 0. The number of alkyl halides is 2. The first kappa shape index (κ1) is 15.9. The van der Waals surface area contributed by atoms with Crippen LogP contribution < -0.4 is 4.74 Å². The number of aromatic nitrogens is 1. The number of phenols is 1. The number of halogens is 3. The second-order valence-electron chi connectivity index (χ2n) is 5.19. The first-order chi connectivity index (χ1) is 11.4. The number of hydrogen-bond donors (Lipinski definition) is 1. The second kappa shape index (κ2) is 5.92. The number of phenolic OH excluding ortho intramolecular Hbond substituents is 1. The van der Waals surface area contributed by atoms with Gasteiger partial charge in [-0.2, -0.15) is 8.78 Å². The number of nitrogens with zero attached hydrogens (tertiary/aromatic N) is 1. The molecule has 24 heavy (non-hydrogen) atoms. The van der Waals surface area contributed by atoms with E-state index in [1.165, 1.54) is 34.9 Å². The zero-order chi connectivity index (χ0) is 17.4. The van der Waals surface area contributed by atoms with E-state index in [1.54, 1.807) is 13.0 Å². The molecule has 0 spiro atoms. The smallest absolute Gasteiger partial charge is 0.387 e. The lowest BCUT2D eigenvalue weighted by molar-refractivity contribution is -0.0498. The molecule has 3 aromatic rings. The number of ether oxygens (including phenoxy) is 1. The van der Waals surface area contributed by atoms with Gasteiger partial charge in [-0.1, -0.05) is 0 Å². The molecule has 0 aliphatic rings. The van der Waals surface area contributed by atoms with Gasteiger partial charge in [-0.05, 0) is 43.3 Å². The van der Waals surface area contributed by atoms with E-state index in [-0.39, 0.29) is 11.3 Å². The molecular weight excluding hydrogens is 323 g/mol. The molecule has 0 fully saturated rings. The van der Waals surface area contributed by atoms with Crippen molar-refractivity contribution in [2.75, 3.05) is 0 Å². The summed E-state index contributed by atoms with van der Waals surface area (Å²) in [6.45, 7) is -1.28. The van der Waals surface area contributed by atoms with Crippen LogP contribution in [-0.2, 0) is 0 Å². The molecule has 2 aromatic carbocycles. The fourth-order valence-corrected chi connectivity index (χ4v) is 2.53. The van der Waals surface area contributed by atoms with Gasteiger partial charge >= 0.3 is 6.61 Å². The van der Waals surface area contributed by atoms with E-state index in [9.17, 15) is 23.1 Å². The van der Waals surface area contributed by atoms with Gasteiger partial charge in [-0.25, -0.2) is 4.39 Å². The Morgan fingerprint density at radius 3 is 2.46 bits per heavy atom. The van der Waals surface area contributed by atoms with Crippen LogP contribution in [0.3, 0.4) is 0 Å². The third kappa shape index (κ3) is 2.80. The summed E-state index contributed by atoms with van der Waals surface area (Å²) in [4.78, 5) is 12.7. The van der Waals surface area contributed by atoms with Crippen LogP contribution in [0.2, 0.25) is 0 Å². The number of aromatic hydroxyl groups is 1. The Kier molecular flexibility index (Phi) is 3.92. The number of fused-ring (bicyclic) bond motifs is 1. The van der Waals surface area contributed by atoms with Crippen LogP contribution in [0.5, 0.6) is 11.5 Å². The van der Waals surface area contributed by atoms with Crippen LogP contribution in [0.1, 0.15) is 16.1 Å². The second-order valence-corrected chi connectivity index (χ2v) is 5.19. The summed E-state index contributed by atoms with van der Waals surface area (Å²) in [6, 6.07) is 9.16. The maximum absolute atomic E-state index is 13.6. The number of carbonyl (C=O) groups is 1. The van der Waals surface area contributed by atoms with Crippen LogP contribution >= 0.6 is 0 Å². The highest BCUT2D eigenvalue weighted by Gasteiger charge is 2.17. The highest BCUT2D eigenvalue weighted by Crippen LogP contribution is 2.27. The first-order valence-corrected chi connectivity index (χ1v) is 6.97. The van der Waals surface area contributed by atoms with Crippen molar-refractivity contribution in [3.8, 4) is 11.5 Å². The number of aryl methyl sites for hydroxylation is 1. The molecule has 0 atom stereocenters. The van der Waals surface area contributed by atoms with Gasteiger partial charge in [0.05, 0.1) is 5.52 Å². The standard InChI is InChI=1S/C17H12F3NO3/c1-9-6-11-7-15(22)13(18)8-14(11)21(9)16(23)10-2-4-12(5-3-10)24-17(19)20/h2-8,17,22H,1H3. The maximum Gasteiger partial charge on any atom is 0.387 e. The minimum Gasteiger partial charge on any atom is -0.505 e. The average molecular weight is 335 g/mol. The molecule has 0 saturated heterocycles. The summed E-state index contributed by atoms with van der Waals surface area (Å²) in [7, 11) is 0. The van der Waals surface area contributed by atoms with Gasteiger partial charge in [-0.15, -0.1) is 0 Å². The number of carbonyl (C=O) groups excluding carboxylic acids is 1. The van der Waals surface area contributed by atoms with Gasteiger partial charge in [0.25, 0.3) is 5.91 Å². The van der Waals surface area contributed by atoms with Crippen molar-refractivity contribution < 1.29 is 27.8 Å². The van der Waals surface area contributed by atoms with Crippen LogP contribution in [0.25, 0.3) is 10.9 Å². The fourth-order valence-electron chi connectivity index (χ4n) is 2.53. The van der Waals surface area contributed by atoms with Crippen LogP contribution in [0, 0.1) is 12.7 Å². The topological polar surface area (TPSA) is 51.5 Å². The Labute approximate surface area is 134 Å². The van der Waals surface area contributed by atoms with Gasteiger partial charge in [0.2, 0.25) is 0 Å². The molecule has 3 rings (SSSR count). The fraction of sp³-hybridized carbons (Fsp3) is 0.118. The van der Waals surface area contributed by atoms with Gasteiger partial charge in [0, 0.05) is 22.7 Å². The highest BCUT2D eigenvalue weighted by molar-refractivity contribution is 6.03. The predicted molar refractivity (Wildman–Crippen MR) is 81.1 cm³/mol. The summed E-state index contributed by atoms with van der Waals surface area (Å²) < 4.78 is 43.4. The minimum absolute atomic E-state index is 0.0633. The molecule has 0 bridgehead atoms. The molecule has 0 saturated carbocycles. The summed E-state index contributed by atoms with van der Waals surface area (Å²) in [5, 5.41) is 9.94. The molecule has 1 N–H and O–H groups in total. The molecule has 7 heteroatoms. The molecule has 0 aliphatic carbocycles. The Hall–Kier alpha value is -2.96. The Balaban J connectivity index is 2.02. The SMILES string of the molecule is Cc1cc2cc(O)c(F)cc2n1C(=O)c1ccc(OC(F)F)cc1.